The third kappa shape index (κ3) is 2.72. The summed E-state index contributed by atoms with van der Waals surface area (Å²) in [7, 11) is 0. The molecule has 1 aliphatic rings. The van der Waals surface area contributed by atoms with E-state index in [-0.39, 0.29) is 11.3 Å². The number of nitrogens with one attached hydrogen (secondary N) is 3. The Morgan fingerprint density at radius 1 is 1.61 bits per heavy atom. The summed E-state index contributed by atoms with van der Waals surface area (Å²) < 4.78 is 0. The van der Waals surface area contributed by atoms with Gasteiger partial charge in [0.25, 0.3) is 5.91 Å². The highest BCUT2D eigenvalue weighted by atomic mass is 16.1. The second-order valence-corrected chi connectivity index (χ2v) is 5.72. The van der Waals surface area contributed by atoms with E-state index in [9.17, 15) is 4.79 Å². The number of aryl methyl sites for hydroxylation is 1. The fraction of sp³-hybridized carbons (Fsp3) is 0.692. The SMILES string of the molecule is Cc1[nH]ncc1C(=O)NCC1NCCCC1(C)C. The van der Waals surface area contributed by atoms with Gasteiger partial charge in [0.2, 0.25) is 0 Å². The summed E-state index contributed by atoms with van der Waals surface area (Å²) in [5.41, 5.74) is 1.67. The summed E-state index contributed by atoms with van der Waals surface area (Å²) in [6.07, 6.45) is 3.98. The monoisotopic (exact) mass is 250 g/mol. The van der Waals surface area contributed by atoms with Gasteiger partial charge in [-0.25, -0.2) is 0 Å². The second-order valence-electron chi connectivity index (χ2n) is 5.72. The van der Waals surface area contributed by atoms with Crippen molar-refractivity contribution in [1.29, 1.82) is 0 Å². The van der Waals surface area contributed by atoms with Crippen LogP contribution < -0.4 is 10.6 Å². The first-order valence-corrected chi connectivity index (χ1v) is 6.52. The highest BCUT2D eigenvalue weighted by molar-refractivity contribution is 5.94. The van der Waals surface area contributed by atoms with E-state index in [4.69, 9.17) is 0 Å². The Bertz CT molecular complexity index is 424. The van der Waals surface area contributed by atoms with Crippen molar-refractivity contribution in [2.24, 2.45) is 5.41 Å². The topological polar surface area (TPSA) is 69.8 Å². The predicted molar refractivity (Wildman–Crippen MR) is 70.5 cm³/mol. The predicted octanol–water partition coefficient (Wildman–Crippen LogP) is 1.23. The van der Waals surface area contributed by atoms with Crippen molar-refractivity contribution < 1.29 is 4.79 Å². The summed E-state index contributed by atoms with van der Waals surface area (Å²) in [4.78, 5) is 12.0. The second kappa shape index (κ2) is 5.10. The molecular weight excluding hydrogens is 228 g/mol. The van der Waals surface area contributed by atoms with Crippen LogP contribution in [0.4, 0.5) is 0 Å². The van der Waals surface area contributed by atoms with E-state index in [2.05, 4.69) is 34.7 Å². The minimum atomic E-state index is -0.0515. The van der Waals surface area contributed by atoms with Gasteiger partial charge in [0.05, 0.1) is 11.8 Å². The highest BCUT2D eigenvalue weighted by Gasteiger charge is 2.32. The summed E-state index contributed by atoms with van der Waals surface area (Å²) in [5.74, 6) is -0.0515. The first-order valence-electron chi connectivity index (χ1n) is 6.52. The minimum absolute atomic E-state index is 0.0515. The quantitative estimate of drug-likeness (QED) is 0.755. The molecule has 0 bridgehead atoms. The molecule has 5 nitrogen and oxygen atoms in total. The van der Waals surface area contributed by atoms with Gasteiger partial charge in [0, 0.05) is 18.3 Å². The Balaban J connectivity index is 1.91. The molecule has 3 N–H and O–H groups in total. The number of hydrogen-bond acceptors (Lipinski definition) is 3. The van der Waals surface area contributed by atoms with Gasteiger partial charge in [0.15, 0.2) is 0 Å². The van der Waals surface area contributed by atoms with Gasteiger partial charge in [0.1, 0.15) is 0 Å². The molecule has 1 fully saturated rings. The number of amides is 1. The van der Waals surface area contributed by atoms with Crippen LogP contribution in [0.1, 0.15) is 42.7 Å². The maximum Gasteiger partial charge on any atom is 0.254 e. The number of carbonyl (C=O) groups is 1. The van der Waals surface area contributed by atoms with Crippen molar-refractivity contribution in [3.63, 3.8) is 0 Å². The molecule has 1 aromatic rings. The molecule has 0 spiro atoms. The average Bonchev–Trinajstić information content (AvgIpc) is 2.73. The van der Waals surface area contributed by atoms with Gasteiger partial charge in [-0.2, -0.15) is 5.10 Å². The lowest BCUT2D eigenvalue weighted by Crippen LogP contribution is -2.52. The first-order chi connectivity index (χ1) is 8.50. The van der Waals surface area contributed by atoms with E-state index < -0.39 is 0 Å². The lowest BCUT2D eigenvalue weighted by atomic mass is 9.77. The van der Waals surface area contributed by atoms with Crippen molar-refractivity contribution in [2.75, 3.05) is 13.1 Å². The zero-order valence-electron chi connectivity index (χ0n) is 11.3. The van der Waals surface area contributed by atoms with Gasteiger partial charge in [-0.3, -0.25) is 9.89 Å². The van der Waals surface area contributed by atoms with Crippen molar-refractivity contribution in [3.05, 3.63) is 17.5 Å². The van der Waals surface area contributed by atoms with E-state index >= 15 is 0 Å². The largest absolute Gasteiger partial charge is 0.350 e. The molecule has 1 saturated heterocycles. The lowest BCUT2D eigenvalue weighted by Gasteiger charge is -2.39. The van der Waals surface area contributed by atoms with Crippen LogP contribution in [0.2, 0.25) is 0 Å². The molecule has 1 unspecified atom stereocenters. The molecule has 1 atom stereocenters. The molecule has 18 heavy (non-hydrogen) atoms. The molecule has 0 aliphatic carbocycles. The van der Waals surface area contributed by atoms with E-state index in [1.165, 1.54) is 12.8 Å². The standard InChI is InChI=1S/C13H22N4O/c1-9-10(7-16-17-9)12(18)15-8-11-13(2,3)5-4-6-14-11/h7,11,14H,4-6,8H2,1-3H3,(H,15,18)(H,16,17). The van der Waals surface area contributed by atoms with Gasteiger partial charge < -0.3 is 10.6 Å². The van der Waals surface area contributed by atoms with Crippen LogP contribution in [0.5, 0.6) is 0 Å². The highest BCUT2D eigenvalue weighted by Crippen LogP contribution is 2.29. The number of nitrogens with zero attached hydrogens (tertiary/aromatic N) is 1. The van der Waals surface area contributed by atoms with E-state index in [1.54, 1.807) is 6.20 Å². The summed E-state index contributed by atoms with van der Waals surface area (Å²) in [6, 6.07) is 0.336. The van der Waals surface area contributed by atoms with Crippen molar-refractivity contribution >= 4 is 5.91 Å². The third-order valence-corrected chi connectivity index (χ3v) is 3.87. The molecule has 0 radical (unpaired) electrons. The first kappa shape index (κ1) is 13.1. The van der Waals surface area contributed by atoms with Gasteiger partial charge in [-0.15, -0.1) is 0 Å². The molecule has 2 rings (SSSR count). The molecular formula is C13H22N4O. The molecule has 100 valence electrons. The van der Waals surface area contributed by atoms with Crippen LogP contribution >= 0.6 is 0 Å². The number of aromatic amines is 1. The lowest BCUT2D eigenvalue weighted by molar-refractivity contribution is 0.0928. The van der Waals surface area contributed by atoms with Crippen molar-refractivity contribution in [1.82, 2.24) is 20.8 Å². The van der Waals surface area contributed by atoms with Crippen molar-refractivity contribution in [3.8, 4) is 0 Å². The molecule has 1 amide bonds. The summed E-state index contributed by atoms with van der Waals surface area (Å²) in [5, 5.41) is 13.1. The Labute approximate surface area is 108 Å². The van der Waals surface area contributed by atoms with Gasteiger partial charge in [-0.05, 0) is 31.7 Å². The number of carbonyl (C=O) groups excluding carboxylic acids is 1. The Morgan fingerprint density at radius 3 is 3.00 bits per heavy atom. The molecule has 1 aromatic heterocycles. The average molecular weight is 250 g/mol. The van der Waals surface area contributed by atoms with E-state index in [0.717, 1.165) is 12.2 Å². The summed E-state index contributed by atoms with van der Waals surface area (Å²) in [6.45, 7) is 8.05. The van der Waals surface area contributed by atoms with Crippen LogP contribution in [0.3, 0.4) is 0 Å². The smallest absolute Gasteiger partial charge is 0.254 e. The number of H-pyrrole nitrogens is 1. The normalized spacial score (nSPS) is 22.7. The number of rotatable bonds is 3. The maximum atomic E-state index is 12.0. The molecule has 1 aliphatic heterocycles. The van der Waals surface area contributed by atoms with Crippen LogP contribution in [0.15, 0.2) is 6.20 Å². The Hall–Kier alpha value is -1.36. The van der Waals surface area contributed by atoms with Crippen LogP contribution in [0.25, 0.3) is 0 Å². The number of piperidine rings is 1. The van der Waals surface area contributed by atoms with E-state index in [1.807, 2.05) is 6.92 Å². The number of hydrogen-bond donors (Lipinski definition) is 3. The molecule has 2 heterocycles. The van der Waals surface area contributed by atoms with Crippen LogP contribution in [-0.2, 0) is 0 Å². The fourth-order valence-corrected chi connectivity index (χ4v) is 2.49. The van der Waals surface area contributed by atoms with Crippen molar-refractivity contribution in [2.45, 2.75) is 39.7 Å². The van der Waals surface area contributed by atoms with E-state index in [0.29, 0.717) is 18.2 Å². The summed E-state index contributed by atoms with van der Waals surface area (Å²) >= 11 is 0. The zero-order valence-corrected chi connectivity index (χ0v) is 11.3. The fourth-order valence-electron chi connectivity index (χ4n) is 2.49. The maximum absolute atomic E-state index is 12.0. The molecule has 5 heteroatoms. The number of aromatic nitrogens is 2. The minimum Gasteiger partial charge on any atom is -0.350 e. The Morgan fingerprint density at radius 2 is 2.39 bits per heavy atom. The van der Waals surface area contributed by atoms with Gasteiger partial charge >= 0.3 is 0 Å². The van der Waals surface area contributed by atoms with Gasteiger partial charge in [-0.1, -0.05) is 13.8 Å². The van der Waals surface area contributed by atoms with Crippen LogP contribution in [0, 0.1) is 12.3 Å². The zero-order chi connectivity index (χ0) is 13.2. The third-order valence-electron chi connectivity index (χ3n) is 3.87. The molecule has 0 aromatic carbocycles. The Kier molecular flexibility index (Phi) is 3.71. The molecule has 0 saturated carbocycles. The van der Waals surface area contributed by atoms with Crippen LogP contribution in [-0.4, -0.2) is 35.2 Å².